The van der Waals surface area contributed by atoms with Crippen LogP contribution in [0.25, 0.3) is 0 Å². The first-order valence-corrected chi connectivity index (χ1v) is 21.9. The third kappa shape index (κ3) is 26.3. The fourth-order valence-electron chi connectivity index (χ4n) is 5.79. The molecule has 1 saturated heterocycles. The van der Waals surface area contributed by atoms with Crippen molar-refractivity contribution in [3.05, 3.63) is 120 Å². The van der Waals surface area contributed by atoms with Crippen LogP contribution in [0.1, 0.15) is 127 Å². The molecule has 12 heteroatoms. The van der Waals surface area contributed by atoms with Gasteiger partial charge in [0.1, 0.15) is 24.6 Å². The Balaban J connectivity index is 0. The van der Waals surface area contributed by atoms with Crippen molar-refractivity contribution in [2.24, 2.45) is 4.99 Å². The molecule has 2 unspecified atom stereocenters. The molecule has 1 aliphatic heterocycles. The van der Waals surface area contributed by atoms with E-state index in [-0.39, 0.29) is 113 Å². The zero-order valence-corrected chi connectivity index (χ0v) is 46.7. The number of anilines is 1. The Hall–Kier alpha value is -1.66. The van der Waals surface area contributed by atoms with Crippen molar-refractivity contribution in [1.29, 1.82) is 0 Å². The van der Waals surface area contributed by atoms with Crippen LogP contribution >= 0.6 is 0 Å². The van der Waals surface area contributed by atoms with Crippen LogP contribution in [0.2, 0.25) is 0 Å². The molecule has 4 rings (SSSR count). The van der Waals surface area contributed by atoms with Gasteiger partial charge < -0.3 is 29.2 Å². The molecule has 1 N–H and O–H groups in total. The summed E-state index contributed by atoms with van der Waals surface area (Å²) in [6, 6.07) is 15.3. The molecular weight excluding hydrogens is 1040 g/mol. The molecule has 1 aliphatic carbocycles. The number of amides is 1. The number of carbonyl (C=O) groups is 1. The summed E-state index contributed by atoms with van der Waals surface area (Å²) in [5, 5.41) is 3.29. The minimum Gasteiger partial charge on any atom is -0.548 e. The number of ether oxygens (including phenoxy) is 4. The molecule has 62 heavy (non-hydrogen) atoms. The fraction of sp³-hybridized carbons (Fsp3) is 0.540. The summed E-state index contributed by atoms with van der Waals surface area (Å²) in [7, 11) is 0. The normalized spacial score (nSPS) is 15.1. The van der Waals surface area contributed by atoms with Crippen LogP contribution in [0.3, 0.4) is 0 Å². The SMILES string of the molecule is CC.CC.CC/C=C(\N=C(\OCc1ccccc1)C(C)c1ccc(NCC(C)N2CCN(C(=O)OC(C)(C)C)CC2)c(F)c1)OCC1=CCC=CC=C1.C[CH-]OC(C)(C)C.[Ce].[Ce]. The summed E-state index contributed by atoms with van der Waals surface area (Å²) < 4.78 is 38.7. The predicted molar refractivity (Wildman–Crippen MR) is 250 cm³/mol. The van der Waals surface area contributed by atoms with Gasteiger partial charge in [-0.15, -0.1) is 0 Å². The maximum absolute atomic E-state index is 15.6. The van der Waals surface area contributed by atoms with E-state index in [4.69, 9.17) is 23.9 Å². The molecule has 0 aromatic heterocycles. The van der Waals surface area contributed by atoms with Crippen LogP contribution in [0, 0.1) is 95.9 Å². The number of carbonyl (C=O) groups excluding carboxylic acids is 1. The van der Waals surface area contributed by atoms with Gasteiger partial charge in [-0.2, -0.15) is 11.9 Å². The zero-order chi connectivity index (χ0) is 45.1. The van der Waals surface area contributed by atoms with Gasteiger partial charge in [0, 0.05) is 128 Å². The Morgan fingerprint density at radius 3 is 2.10 bits per heavy atom. The number of aliphatic imine (C=N–C) groups is 1. The van der Waals surface area contributed by atoms with Crippen LogP contribution in [-0.2, 0) is 25.6 Å². The van der Waals surface area contributed by atoms with Gasteiger partial charge in [0.2, 0.25) is 5.88 Å². The summed E-state index contributed by atoms with van der Waals surface area (Å²) in [4.78, 5) is 21.3. The van der Waals surface area contributed by atoms with Gasteiger partial charge in [-0.05, 0) is 103 Å². The van der Waals surface area contributed by atoms with E-state index in [0.29, 0.717) is 50.3 Å². The van der Waals surface area contributed by atoms with E-state index in [9.17, 15) is 4.79 Å². The van der Waals surface area contributed by atoms with Crippen molar-refractivity contribution in [1.82, 2.24) is 9.80 Å². The van der Waals surface area contributed by atoms with Crippen molar-refractivity contribution < 1.29 is 112 Å². The molecule has 2 aromatic rings. The maximum Gasteiger partial charge on any atom is 0.410 e. The molecule has 1 heterocycles. The number of halogens is 1. The molecular formula is C50H78Ce2FN4O5-. The van der Waals surface area contributed by atoms with Crippen molar-refractivity contribution in [3.63, 3.8) is 0 Å². The summed E-state index contributed by atoms with van der Waals surface area (Å²) in [6.07, 6.45) is 13.6. The standard InChI is InChI=1S/C40H53FN4O4.C6H13O.2C2H6.2Ce/c1-7-15-37(47-28-32-16-11-8-9-12-17-32)43-38(48-29-33-18-13-10-14-19-33)31(3)34-20-21-36(35(41)26-34)42-27-30(2)44-22-24-45(25-23-44)39(46)49-40(4,5)6;1-5-7-6(2,3)4;2*1-2;;/h8-11,13-21,26,30-31,42H,7,12,22-25,27-29H2,1-6H3;5H,1-4H3;2*1-2H3;;/q;-1;;;;/b37-15+,43-38+;;;;;. The second-order valence-corrected chi connectivity index (χ2v) is 15.9. The topological polar surface area (TPSA) is 84.9 Å². The van der Waals surface area contributed by atoms with Crippen molar-refractivity contribution in [2.75, 3.05) is 44.6 Å². The quantitative estimate of drug-likeness (QED) is 0.0873. The van der Waals surface area contributed by atoms with Gasteiger partial charge in [-0.3, -0.25) is 4.90 Å². The van der Waals surface area contributed by atoms with Crippen LogP contribution in [-0.4, -0.2) is 78.4 Å². The largest absolute Gasteiger partial charge is 0.548 e. The van der Waals surface area contributed by atoms with E-state index < -0.39 is 5.60 Å². The number of nitrogens with one attached hydrogen (secondary N) is 1. The Labute approximate surface area is 443 Å². The Morgan fingerprint density at radius 2 is 1.55 bits per heavy atom. The first kappa shape index (κ1) is 62.4. The third-order valence-electron chi connectivity index (χ3n) is 8.80. The number of hydrogen-bond donors (Lipinski definition) is 1. The van der Waals surface area contributed by atoms with Gasteiger partial charge in [0.25, 0.3) is 0 Å². The van der Waals surface area contributed by atoms with Gasteiger partial charge >= 0.3 is 6.09 Å². The van der Waals surface area contributed by atoms with Crippen LogP contribution in [0.4, 0.5) is 14.9 Å². The summed E-state index contributed by atoms with van der Waals surface area (Å²) >= 11 is 0. The van der Waals surface area contributed by atoms with Crippen LogP contribution < -0.4 is 5.32 Å². The smallest absolute Gasteiger partial charge is 0.410 e. The molecule has 2 aliphatic rings. The van der Waals surface area contributed by atoms with E-state index in [0.717, 1.165) is 42.6 Å². The van der Waals surface area contributed by atoms with Gasteiger partial charge in [-0.25, -0.2) is 15.8 Å². The number of allylic oxidation sites excluding steroid dienone is 5. The van der Waals surface area contributed by atoms with E-state index in [1.807, 2.05) is 151 Å². The maximum atomic E-state index is 15.6. The van der Waals surface area contributed by atoms with Gasteiger partial charge in [0.15, 0.2) is 5.90 Å². The summed E-state index contributed by atoms with van der Waals surface area (Å²) in [5.74, 6) is 0.255. The molecule has 0 radical (unpaired) electrons. The zero-order valence-electron chi connectivity index (χ0n) is 40.4. The van der Waals surface area contributed by atoms with Crippen LogP contribution in [0.5, 0.6) is 0 Å². The van der Waals surface area contributed by atoms with E-state index in [1.165, 1.54) is 0 Å². The Kier molecular flexibility index (Phi) is 34.9. The van der Waals surface area contributed by atoms with E-state index in [1.54, 1.807) is 23.6 Å². The first-order valence-electron chi connectivity index (χ1n) is 21.9. The van der Waals surface area contributed by atoms with Gasteiger partial charge in [0.05, 0.1) is 11.6 Å². The molecule has 0 bridgehead atoms. The molecule has 9 nitrogen and oxygen atoms in total. The number of benzene rings is 2. The Bertz CT molecular complexity index is 1660. The Morgan fingerprint density at radius 1 is 0.903 bits per heavy atom. The monoisotopic (exact) mass is 1110 g/mol. The minimum absolute atomic E-state index is 0. The van der Waals surface area contributed by atoms with E-state index in [2.05, 4.69) is 29.3 Å². The minimum atomic E-state index is -0.516. The molecule has 344 valence electrons. The van der Waals surface area contributed by atoms with Crippen molar-refractivity contribution in [3.8, 4) is 0 Å². The molecule has 2 atom stereocenters. The predicted octanol–water partition coefficient (Wildman–Crippen LogP) is 12.6. The number of piperazine rings is 1. The summed E-state index contributed by atoms with van der Waals surface area (Å²) in [5.41, 5.74) is 2.75. The van der Waals surface area contributed by atoms with Crippen molar-refractivity contribution >= 4 is 17.7 Å². The average molecular weight is 1110 g/mol. The summed E-state index contributed by atoms with van der Waals surface area (Å²) in [6.45, 7) is 33.3. The third-order valence-corrected chi connectivity index (χ3v) is 8.80. The number of rotatable bonds is 14. The van der Waals surface area contributed by atoms with E-state index >= 15 is 4.39 Å². The molecule has 1 amide bonds. The number of nitrogens with zero attached hydrogens (tertiary/aromatic N) is 3. The second-order valence-electron chi connectivity index (χ2n) is 15.9. The second kappa shape index (κ2) is 34.7. The average Bonchev–Trinajstić information content (AvgIpc) is 3.51. The fourth-order valence-corrected chi connectivity index (χ4v) is 5.79. The molecule has 1 fully saturated rings. The molecule has 0 saturated carbocycles. The van der Waals surface area contributed by atoms with Crippen molar-refractivity contribution in [2.45, 2.75) is 140 Å². The number of hydrogen-bond acceptors (Lipinski definition) is 8. The van der Waals surface area contributed by atoms with Crippen LogP contribution in [0.15, 0.2) is 101 Å². The first-order chi connectivity index (χ1) is 28.6. The molecule has 2 aromatic carbocycles. The molecule has 0 spiro atoms. The van der Waals surface area contributed by atoms with Gasteiger partial charge in [-0.1, -0.05) is 101 Å².